The highest BCUT2D eigenvalue weighted by molar-refractivity contribution is 5.74. The minimum atomic E-state index is -2.18. The SMILES string of the molecule is COc1ccc(-c2cccc(-c3c(F)c(F)c(F)c(F)c3F)c2)cc1. The van der Waals surface area contributed by atoms with Gasteiger partial charge in [0.15, 0.2) is 23.3 Å². The average molecular weight is 350 g/mol. The van der Waals surface area contributed by atoms with E-state index < -0.39 is 34.6 Å². The van der Waals surface area contributed by atoms with Crippen molar-refractivity contribution in [1.82, 2.24) is 0 Å². The Morgan fingerprint density at radius 1 is 0.600 bits per heavy atom. The summed E-state index contributed by atoms with van der Waals surface area (Å²) in [6.45, 7) is 0. The van der Waals surface area contributed by atoms with E-state index in [4.69, 9.17) is 4.74 Å². The lowest BCUT2D eigenvalue weighted by atomic mass is 9.98. The molecule has 1 nitrogen and oxygen atoms in total. The van der Waals surface area contributed by atoms with Crippen LogP contribution in [0.2, 0.25) is 0 Å². The molecular weight excluding hydrogens is 339 g/mol. The van der Waals surface area contributed by atoms with Crippen LogP contribution >= 0.6 is 0 Å². The van der Waals surface area contributed by atoms with Crippen molar-refractivity contribution in [3.63, 3.8) is 0 Å². The summed E-state index contributed by atoms with van der Waals surface area (Å²) >= 11 is 0. The van der Waals surface area contributed by atoms with Crippen molar-refractivity contribution in [1.29, 1.82) is 0 Å². The van der Waals surface area contributed by atoms with Crippen LogP contribution in [0.1, 0.15) is 0 Å². The fourth-order valence-corrected chi connectivity index (χ4v) is 2.50. The van der Waals surface area contributed by atoms with Crippen LogP contribution in [0, 0.1) is 29.1 Å². The molecule has 0 aliphatic heterocycles. The van der Waals surface area contributed by atoms with Gasteiger partial charge in [0.1, 0.15) is 5.75 Å². The molecule has 0 unspecified atom stereocenters. The molecule has 0 radical (unpaired) electrons. The summed E-state index contributed by atoms with van der Waals surface area (Å²) in [5.74, 6) is -9.20. The molecule has 0 bridgehead atoms. The number of hydrogen-bond donors (Lipinski definition) is 0. The van der Waals surface area contributed by atoms with Gasteiger partial charge in [-0.05, 0) is 34.9 Å². The Kier molecular flexibility index (Phi) is 4.44. The number of benzene rings is 3. The molecule has 6 heteroatoms. The highest BCUT2D eigenvalue weighted by atomic mass is 19.2. The third kappa shape index (κ3) is 2.95. The fourth-order valence-electron chi connectivity index (χ4n) is 2.50. The summed E-state index contributed by atoms with van der Waals surface area (Å²) in [4.78, 5) is 0. The zero-order chi connectivity index (χ0) is 18.1. The van der Waals surface area contributed by atoms with Gasteiger partial charge < -0.3 is 4.74 Å². The molecule has 0 heterocycles. The van der Waals surface area contributed by atoms with Gasteiger partial charge in [0.05, 0.1) is 12.7 Å². The first-order chi connectivity index (χ1) is 11.9. The second kappa shape index (κ2) is 6.55. The lowest BCUT2D eigenvalue weighted by molar-refractivity contribution is 0.381. The van der Waals surface area contributed by atoms with Crippen LogP contribution in [0.25, 0.3) is 22.3 Å². The highest BCUT2D eigenvalue weighted by Gasteiger charge is 2.26. The number of halogens is 5. The molecule has 0 fully saturated rings. The highest BCUT2D eigenvalue weighted by Crippen LogP contribution is 2.34. The predicted molar refractivity (Wildman–Crippen MR) is 83.7 cm³/mol. The van der Waals surface area contributed by atoms with Crippen LogP contribution in [-0.4, -0.2) is 7.11 Å². The van der Waals surface area contributed by atoms with Crippen LogP contribution in [-0.2, 0) is 0 Å². The quantitative estimate of drug-likeness (QED) is 0.333. The summed E-state index contributed by atoms with van der Waals surface area (Å²) in [5.41, 5.74) is 0.198. The predicted octanol–water partition coefficient (Wildman–Crippen LogP) is 5.72. The van der Waals surface area contributed by atoms with Crippen molar-refractivity contribution in [3.05, 3.63) is 77.6 Å². The molecule has 128 valence electrons. The standard InChI is InChI=1S/C19H11F5O/c1-25-13-7-5-10(6-8-13)11-3-2-4-12(9-11)14-15(20)17(22)19(24)18(23)16(14)21/h2-9H,1H3. The summed E-state index contributed by atoms with van der Waals surface area (Å²) in [6.07, 6.45) is 0. The van der Waals surface area contributed by atoms with Crippen molar-refractivity contribution in [2.75, 3.05) is 7.11 Å². The number of ether oxygens (including phenoxy) is 1. The zero-order valence-electron chi connectivity index (χ0n) is 12.9. The molecule has 0 aliphatic carbocycles. The average Bonchev–Trinajstić information content (AvgIpc) is 2.65. The molecule has 3 aromatic rings. The first-order valence-electron chi connectivity index (χ1n) is 7.20. The molecule has 0 aliphatic rings. The Bertz CT molecular complexity index is 906. The van der Waals surface area contributed by atoms with Gasteiger partial charge in [0.25, 0.3) is 0 Å². The molecule has 3 aromatic carbocycles. The monoisotopic (exact) mass is 350 g/mol. The van der Waals surface area contributed by atoms with Crippen LogP contribution < -0.4 is 4.74 Å². The second-order valence-corrected chi connectivity index (χ2v) is 5.25. The van der Waals surface area contributed by atoms with Gasteiger partial charge in [0, 0.05) is 0 Å². The van der Waals surface area contributed by atoms with E-state index in [2.05, 4.69) is 0 Å². The van der Waals surface area contributed by atoms with E-state index in [0.717, 1.165) is 0 Å². The van der Waals surface area contributed by atoms with Crippen molar-refractivity contribution in [3.8, 4) is 28.0 Å². The Morgan fingerprint density at radius 3 is 1.68 bits per heavy atom. The first-order valence-corrected chi connectivity index (χ1v) is 7.20. The Hall–Kier alpha value is -2.89. The minimum absolute atomic E-state index is 0.110. The summed E-state index contributed by atoms with van der Waals surface area (Å²) in [5, 5.41) is 0. The maximum Gasteiger partial charge on any atom is 0.200 e. The molecule has 3 rings (SSSR count). The van der Waals surface area contributed by atoms with E-state index in [1.165, 1.54) is 25.3 Å². The van der Waals surface area contributed by atoms with Crippen molar-refractivity contribution >= 4 is 0 Å². The van der Waals surface area contributed by atoms with Crippen LogP contribution in [0.4, 0.5) is 22.0 Å². The van der Waals surface area contributed by atoms with Crippen LogP contribution in [0.5, 0.6) is 5.75 Å². The molecule has 25 heavy (non-hydrogen) atoms. The largest absolute Gasteiger partial charge is 0.497 e. The summed E-state index contributed by atoms with van der Waals surface area (Å²) in [7, 11) is 1.51. The van der Waals surface area contributed by atoms with Gasteiger partial charge >= 0.3 is 0 Å². The molecule has 0 amide bonds. The molecule has 0 spiro atoms. The Labute approximate surface area is 140 Å². The van der Waals surface area contributed by atoms with E-state index >= 15 is 0 Å². The maximum atomic E-state index is 14.0. The topological polar surface area (TPSA) is 9.23 Å². The lowest BCUT2D eigenvalue weighted by Crippen LogP contribution is -2.04. The van der Waals surface area contributed by atoms with Gasteiger partial charge in [-0.15, -0.1) is 0 Å². The van der Waals surface area contributed by atoms with E-state index in [1.807, 2.05) is 0 Å². The molecular formula is C19H11F5O. The van der Waals surface area contributed by atoms with Gasteiger partial charge in [0.2, 0.25) is 5.82 Å². The normalized spacial score (nSPS) is 10.8. The molecule has 0 aromatic heterocycles. The summed E-state index contributed by atoms with van der Waals surface area (Å²) in [6, 6.07) is 12.6. The van der Waals surface area contributed by atoms with Gasteiger partial charge in [-0.3, -0.25) is 0 Å². The Balaban J connectivity index is 2.14. The summed E-state index contributed by atoms with van der Waals surface area (Å²) < 4.78 is 73.0. The number of hydrogen-bond acceptors (Lipinski definition) is 1. The number of rotatable bonds is 3. The minimum Gasteiger partial charge on any atom is -0.497 e. The van der Waals surface area contributed by atoms with E-state index in [9.17, 15) is 22.0 Å². The third-order valence-corrected chi connectivity index (χ3v) is 3.78. The first kappa shape index (κ1) is 17.0. The molecule has 0 atom stereocenters. The van der Waals surface area contributed by atoms with E-state index in [0.29, 0.717) is 16.9 Å². The van der Waals surface area contributed by atoms with Crippen LogP contribution in [0.15, 0.2) is 48.5 Å². The third-order valence-electron chi connectivity index (χ3n) is 3.78. The smallest absolute Gasteiger partial charge is 0.200 e. The van der Waals surface area contributed by atoms with Crippen LogP contribution in [0.3, 0.4) is 0 Å². The zero-order valence-corrected chi connectivity index (χ0v) is 12.9. The van der Waals surface area contributed by atoms with Gasteiger partial charge in [-0.25, -0.2) is 22.0 Å². The van der Waals surface area contributed by atoms with E-state index in [-0.39, 0.29) is 5.56 Å². The Morgan fingerprint density at radius 2 is 1.12 bits per heavy atom. The molecule has 0 saturated carbocycles. The lowest BCUT2D eigenvalue weighted by Gasteiger charge is -2.10. The second-order valence-electron chi connectivity index (χ2n) is 5.25. The van der Waals surface area contributed by atoms with Crippen molar-refractivity contribution < 1.29 is 26.7 Å². The van der Waals surface area contributed by atoms with Gasteiger partial charge in [-0.2, -0.15) is 0 Å². The van der Waals surface area contributed by atoms with Crippen molar-refractivity contribution in [2.24, 2.45) is 0 Å². The molecule has 0 N–H and O–H groups in total. The van der Waals surface area contributed by atoms with E-state index in [1.54, 1.807) is 30.3 Å². The maximum absolute atomic E-state index is 14.0. The molecule has 0 saturated heterocycles. The number of methoxy groups -OCH3 is 1. The van der Waals surface area contributed by atoms with Gasteiger partial charge in [-0.1, -0.05) is 30.3 Å². The fraction of sp³-hybridized carbons (Fsp3) is 0.0526. The van der Waals surface area contributed by atoms with Crippen molar-refractivity contribution in [2.45, 2.75) is 0 Å².